The third-order valence-electron chi connectivity index (χ3n) is 5.02. The molecule has 0 bridgehead atoms. The first-order valence-electron chi connectivity index (χ1n) is 11.2. The van der Waals surface area contributed by atoms with Gasteiger partial charge >= 0.3 is 5.97 Å². The van der Waals surface area contributed by atoms with Crippen LogP contribution in [0.25, 0.3) is 0 Å². The molecule has 1 atom stereocenters. The van der Waals surface area contributed by atoms with Gasteiger partial charge in [0.15, 0.2) is 11.7 Å². The zero-order valence-electron chi connectivity index (χ0n) is 20.1. The van der Waals surface area contributed by atoms with E-state index in [1.807, 2.05) is 6.92 Å². The topological polar surface area (TPSA) is 110 Å². The van der Waals surface area contributed by atoms with Gasteiger partial charge in [-0.2, -0.15) is 5.10 Å². The highest BCUT2D eigenvalue weighted by Crippen LogP contribution is 2.33. The first-order chi connectivity index (χ1) is 17.3. The molecule has 2 aromatic rings. The van der Waals surface area contributed by atoms with Crippen LogP contribution in [0.4, 0.5) is 0 Å². The highest BCUT2D eigenvalue weighted by molar-refractivity contribution is 7.80. The Morgan fingerprint density at radius 1 is 1.14 bits per heavy atom. The molecule has 0 aromatic heterocycles. The van der Waals surface area contributed by atoms with Gasteiger partial charge in [0.05, 0.1) is 31.0 Å². The molecule has 3 rings (SSSR count). The molecule has 3 N–H and O–H groups in total. The summed E-state index contributed by atoms with van der Waals surface area (Å²) >= 11 is 11.3. The van der Waals surface area contributed by atoms with Gasteiger partial charge in [0.1, 0.15) is 11.5 Å². The normalized spacial score (nSPS) is 15.2. The van der Waals surface area contributed by atoms with Crippen LogP contribution in [0.2, 0.25) is 5.02 Å². The van der Waals surface area contributed by atoms with Crippen molar-refractivity contribution in [3.05, 3.63) is 69.9 Å². The van der Waals surface area contributed by atoms with Crippen molar-refractivity contribution in [3.63, 3.8) is 0 Å². The standard InChI is InChI=1S/C25H27ClN4O5S/c1-4-33-19-11-10-17(26)12-16(19)13-27-30-21(31)14-35-20-9-7-6-8-18(20)23-22(24(32)34-5-2)15(3)28-25(36)29-23/h6-13,23H,4-5,14H2,1-3H3,(H,30,31)(H2,28,29,36)/t23-/m1/s1. The zero-order chi connectivity index (χ0) is 26.1. The van der Waals surface area contributed by atoms with E-state index in [9.17, 15) is 9.59 Å². The molecule has 0 fully saturated rings. The van der Waals surface area contributed by atoms with E-state index in [0.717, 1.165) is 0 Å². The van der Waals surface area contributed by atoms with Crippen molar-refractivity contribution in [1.82, 2.24) is 16.1 Å². The van der Waals surface area contributed by atoms with Gasteiger partial charge in [-0.05, 0) is 57.3 Å². The van der Waals surface area contributed by atoms with E-state index in [4.69, 9.17) is 38.0 Å². The number of hydrogen-bond acceptors (Lipinski definition) is 7. The van der Waals surface area contributed by atoms with Gasteiger partial charge in [-0.25, -0.2) is 10.2 Å². The Labute approximate surface area is 219 Å². The van der Waals surface area contributed by atoms with E-state index in [-0.39, 0.29) is 13.2 Å². The fraction of sp³-hybridized carbons (Fsp3) is 0.280. The van der Waals surface area contributed by atoms with E-state index in [0.29, 0.717) is 50.6 Å². The molecule has 0 saturated heterocycles. The van der Waals surface area contributed by atoms with Crippen molar-refractivity contribution in [3.8, 4) is 11.5 Å². The quantitative estimate of drug-likeness (QED) is 0.185. The molecule has 0 aliphatic carbocycles. The SMILES string of the molecule is CCOC(=O)C1=C(C)NC(=S)N[C@@H]1c1ccccc1OCC(=O)NN=Cc1cc(Cl)ccc1OCC. The number of carbonyl (C=O) groups excluding carboxylic acids is 2. The Morgan fingerprint density at radius 2 is 1.92 bits per heavy atom. The number of hydrogen-bond donors (Lipinski definition) is 3. The molecule has 0 unspecified atom stereocenters. The first kappa shape index (κ1) is 27.0. The molecule has 0 saturated carbocycles. The van der Waals surface area contributed by atoms with Crippen molar-refractivity contribution in [2.75, 3.05) is 19.8 Å². The molecular formula is C25H27ClN4O5S. The Hall–Kier alpha value is -3.63. The van der Waals surface area contributed by atoms with E-state index in [2.05, 4.69) is 21.2 Å². The van der Waals surface area contributed by atoms with Crippen LogP contribution in [-0.4, -0.2) is 43.0 Å². The smallest absolute Gasteiger partial charge is 0.338 e. The highest BCUT2D eigenvalue weighted by atomic mass is 35.5. The first-order valence-corrected chi connectivity index (χ1v) is 12.0. The maximum Gasteiger partial charge on any atom is 0.338 e. The molecule has 1 aliphatic heterocycles. The Balaban J connectivity index is 1.71. The molecule has 1 amide bonds. The minimum atomic E-state index is -0.616. The van der Waals surface area contributed by atoms with Crippen LogP contribution in [0, 0.1) is 0 Å². The molecule has 1 heterocycles. The minimum Gasteiger partial charge on any atom is -0.493 e. The summed E-state index contributed by atoms with van der Waals surface area (Å²) < 4.78 is 16.6. The van der Waals surface area contributed by atoms with Crippen LogP contribution >= 0.6 is 23.8 Å². The number of nitrogens with one attached hydrogen (secondary N) is 3. The largest absolute Gasteiger partial charge is 0.493 e. The summed E-state index contributed by atoms with van der Waals surface area (Å²) in [7, 11) is 0. The number of nitrogens with zero attached hydrogens (tertiary/aromatic N) is 1. The summed E-state index contributed by atoms with van der Waals surface area (Å²) in [6.07, 6.45) is 1.45. The molecule has 2 aromatic carbocycles. The average molecular weight is 531 g/mol. The number of thiocarbonyl (C=S) groups is 1. The number of esters is 1. The van der Waals surface area contributed by atoms with Crippen LogP contribution in [0.5, 0.6) is 11.5 Å². The molecule has 0 radical (unpaired) electrons. The summed E-state index contributed by atoms with van der Waals surface area (Å²) in [5.41, 5.74) is 4.63. The van der Waals surface area contributed by atoms with Gasteiger partial charge < -0.3 is 24.8 Å². The van der Waals surface area contributed by atoms with Gasteiger partial charge in [0, 0.05) is 21.8 Å². The Bertz CT molecular complexity index is 1200. The number of para-hydroxylation sites is 1. The lowest BCUT2D eigenvalue weighted by Gasteiger charge is -2.30. The maximum absolute atomic E-state index is 12.7. The zero-order valence-corrected chi connectivity index (χ0v) is 21.7. The molecule has 0 spiro atoms. The molecule has 11 heteroatoms. The van der Waals surface area contributed by atoms with Crippen molar-refractivity contribution >= 4 is 47.0 Å². The lowest BCUT2D eigenvalue weighted by Crippen LogP contribution is -2.45. The lowest BCUT2D eigenvalue weighted by molar-refractivity contribution is -0.139. The number of rotatable bonds is 10. The number of halogens is 1. The van der Waals surface area contributed by atoms with Crippen LogP contribution in [-0.2, 0) is 14.3 Å². The van der Waals surface area contributed by atoms with Crippen LogP contribution in [0.1, 0.15) is 37.9 Å². The summed E-state index contributed by atoms with van der Waals surface area (Å²) in [5.74, 6) is 0.0455. The number of allylic oxidation sites excluding steroid dienone is 1. The molecular weight excluding hydrogens is 504 g/mol. The van der Waals surface area contributed by atoms with Crippen molar-refractivity contribution in [2.45, 2.75) is 26.8 Å². The fourth-order valence-electron chi connectivity index (χ4n) is 3.51. The predicted molar refractivity (Wildman–Crippen MR) is 141 cm³/mol. The number of amides is 1. The molecule has 9 nitrogen and oxygen atoms in total. The van der Waals surface area contributed by atoms with Crippen LogP contribution in [0.15, 0.2) is 58.8 Å². The van der Waals surface area contributed by atoms with Gasteiger partial charge in [0.2, 0.25) is 0 Å². The molecule has 36 heavy (non-hydrogen) atoms. The highest BCUT2D eigenvalue weighted by Gasteiger charge is 2.32. The summed E-state index contributed by atoms with van der Waals surface area (Å²) in [6, 6.07) is 11.6. The van der Waals surface area contributed by atoms with Gasteiger partial charge in [-0.1, -0.05) is 29.8 Å². The van der Waals surface area contributed by atoms with Crippen LogP contribution in [0.3, 0.4) is 0 Å². The Morgan fingerprint density at radius 3 is 2.67 bits per heavy atom. The van der Waals surface area contributed by atoms with Crippen molar-refractivity contribution in [1.29, 1.82) is 0 Å². The summed E-state index contributed by atoms with van der Waals surface area (Å²) in [6.45, 7) is 5.75. The molecule has 190 valence electrons. The van der Waals surface area contributed by atoms with Crippen molar-refractivity contribution < 1.29 is 23.8 Å². The number of benzene rings is 2. The molecule has 1 aliphatic rings. The van der Waals surface area contributed by atoms with Gasteiger partial charge in [0.25, 0.3) is 5.91 Å². The van der Waals surface area contributed by atoms with Gasteiger partial charge in [-0.15, -0.1) is 0 Å². The maximum atomic E-state index is 12.7. The fourth-order valence-corrected chi connectivity index (χ4v) is 3.97. The monoisotopic (exact) mass is 530 g/mol. The van der Waals surface area contributed by atoms with E-state index >= 15 is 0 Å². The second-order valence-corrected chi connectivity index (χ2v) is 8.37. The lowest BCUT2D eigenvalue weighted by atomic mass is 9.95. The predicted octanol–water partition coefficient (Wildman–Crippen LogP) is 3.62. The third kappa shape index (κ3) is 6.96. The van der Waals surface area contributed by atoms with E-state index < -0.39 is 17.9 Å². The van der Waals surface area contributed by atoms with Gasteiger partial charge in [-0.3, -0.25) is 4.79 Å². The third-order valence-corrected chi connectivity index (χ3v) is 5.47. The minimum absolute atomic E-state index is 0.229. The van der Waals surface area contributed by atoms with E-state index in [1.165, 1.54) is 6.21 Å². The van der Waals surface area contributed by atoms with Crippen molar-refractivity contribution in [2.24, 2.45) is 5.10 Å². The second-order valence-electron chi connectivity index (χ2n) is 7.53. The average Bonchev–Trinajstić information content (AvgIpc) is 2.84. The van der Waals surface area contributed by atoms with Crippen LogP contribution < -0.4 is 25.5 Å². The summed E-state index contributed by atoms with van der Waals surface area (Å²) in [4.78, 5) is 25.1. The number of hydrazone groups is 1. The number of carbonyl (C=O) groups is 2. The summed E-state index contributed by atoms with van der Waals surface area (Å²) in [5, 5.41) is 10.9. The second kappa shape index (κ2) is 12.9. The van der Waals surface area contributed by atoms with E-state index in [1.54, 1.807) is 56.3 Å². The number of ether oxygens (including phenoxy) is 3. The Kier molecular flexibility index (Phi) is 9.66.